The Balaban J connectivity index is 2.65. The largest absolute Gasteiger partial charge is 0.444 e. The number of hydrogen-bond acceptors (Lipinski definition) is 3. The van der Waals surface area contributed by atoms with Gasteiger partial charge in [-0.1, -0.05) is 5.92 Å². The van der Waals surface area contributed by atoms with E-state index in [4.69, 9.17) is 11.2 Å². The maximum absolute atomic E-state index is 11.8. The van der Waals surface area contributed by atoms with Gasteiger partial charge < -0.3 is 14.7 Å². The van der Waals surface area contributed by atoms with Crippen molar-refractivity contribution in [3.8, 4) is 12.3 Å². The molecule has 1 rings (SSSR count). The van der Waals surface area contributed by atoms with Gasteiger partial charge in [-0.2, -0.15) is 0 Å². The van der Waals surface area contributed by atoms with Gasteiger partial charge in [0.1, 0.15) is 11.7 Å². The van der Waals surface area contributed by atoms with Crippen LogP contribution in [0.15, 0.2) is 0 Å². The predicted molar refractivity (Wildman–Crippen MR) is 60.8 cm³/mol. The second kappa shape index (κ2) is 4.75. The molecule has 0 bridgehead atoms. The van der Waals surface area contributed by atoms with Gasteiger partial charge >= 0.3 is 6.09 Å². The molecule has 4 nitrogen and oxygen atoms in total. The van der Waals surface area contributed by atoms with Crippen molar-refractivity contribution in [1.82, 2.24) is 4.90 Å². The van der Waals surface area contributed by atoms with Gasteiger partial charge in [0.15, 0.2) is 0 Å². The summed E-state index contributed by atoms with van der Waals surface area (Å²) in [5.74, 6) is 2.26. The number of rotatable bonds is 1. The fourth-order valence-electron chi connectivity index (χ4n) is 1.78. The van der Waals surface area contributed by atoms with Gasteiger partial charge in [-0.05, 0) is 33.6 Å². The lowest BCUT2D eigenvalue weighted by Gasteiger charge is -2.29. The number of carbonyl (C=O) groups is 1. The topological polar surface area (TPSA) is 49.8 Å². The summed E-state index contributed by atoms with van der Waals surface area (Å²) in [5.41, 5.74) is -0.523. The zero-order chi connectivity index (χ0) is 12.3. The molecule has 0 aliphatic carbocycles. The van der Waals surface area contributed by atoms with E-state index >= 15 is 0 Å². The molecule has 0 aromatic heterocycles. The Bertz CT molecular complexity index is 300. The van der Waals surface area contributed by atoms with Gasteiger partial charge in [-0.3, -0.25) is 0 Å². The van der Waals surface area contributed by atoms with Crippen LogP contribution in [0.3, 0.4) is 0 Å². The summed E-state index contributed by atoms with van der Waals surface area (Å²) < 4.78 is 5.25. The van der Waals surface area contributed by atoms with E-state index in [1.54, 1.807) is 0 Å². The molecule has 0 aromatic rings. The minimum atomic E-state index is -0.907. The molecule has 1 N–H and O–H groups in total. The molecule has 90 valence electrons. The van der Waals surface area contributed by atoms with E-state index in [9.17, 15) is 9.90 Å². The smallest absolute Gasteiger partial charge is 0.410 e. The molecule has 1 saturated heterocycles. The number of terminal acetylenes is 1. The van der Waals surface area contributed by atoms with Gasteiger partial charge in [-0.15, -0.1) is 6.42 Å². The van der Waals surface area contributed by atoms with E-state index in [0.29, 0.717) is 6.54 Å². The SMILES string of the molecule is C#CC(O)[C@@H]1CCCN1C(=O)OC(C)(C)C. The Hall–Kier alpha value is -1.21. The molecule has 16 heavy (non-hydrogen) atoms. The van der Waals surface area contributed by atoms with Crippen LogP contribution in [-0.4, -0.2) is 40.4 Å². The van der Waals surface area contributed by atoms with E-state index in [1.165, 1.54) is 4.90 Å². The van der Waals surface area contributed by atoms with Gasteiger partial charge in [0, 0.05) is 6.54 Å². The van der Waals surface area contributed by atoms with Crippen molar-refractivity contribution in [3.63, 3.8) is 0 Å². The minimum absolute atomic E-state index is 0.306. The van der Waals surface area contributed by atoms with E-state index in [0.717, 1.165) is 12.8 Å². The van der Waals surface area contributed by atoms with Crippen LogP contribution in [0.25, 0.3) is 0 Å². The summed E-state index contributed by atoms with van der Waals surface area (Å²) in [6.07, 6.45) is 5.43. The van der Waals surface area contributed by atoms with Gasteiger partial charge in [-0.25, -0.2) is 4.79 Å². The van der Waals surface area contributed by atoms with E-state index in [1.807, 2.05) is 20.8 Å². The quantitative estimate of drug-likeness (QED) is 0.686. The Kier molecular flexibility index (Phi) is 3.82. The molecular formula is C12H19NO3. The van der Waals surface area contributed by atoms with Gasteiger partial charge in [0.05, 0.1) is 6.04 Å². The number of aliphatic hydroxyl groups excluding tert-OH is 1. The lowest BCUT2D eigenvalue weighted by molar-refractivity contribution is 0.0124. The monoisotopic (exact) mass is 225 g/mol. The molecule has 0 saturated carbocycles. The van der Waals surface area contributed by atoms with Crippen LogP contribution in [0.1, 0.15) is 33.6 Å². The number of aliphatic hydroxyl groups is 1. The van der Waals surface area contributed by atoms with Crippen LogP contribution in [0.5, 0.6) is 0 Å². The van der Waals surface area contributed by atoms with Crippen LogP contribution >= 0.6 is 0 Å². The number of amides is 1. The maximum atomic E-state index is 11.8. The average molecular weight is 225 g/mol. The first-order chi connectivity index (χ1) is 7.35. The van der Waals surface area contributed by atoms with Crippen molar-refractivity contribution in [2.75, 3.05) is 6.54 Å². The zero-order valence-electron chi connectivity index (χ0n) is 10.1. The Morgan fingerprint density at radius 2 is 2.25 bits per heavy atom. The highest BCUT2D eigenvalue weighted by Gasteiger charge is 2.35. The molecule has 2 atom stereocenters. The highest BCUT2D eigenvalue weighted by Crippen LogP contribution is 2.22. The molecule has 1 aliphatic heterocycles. The summed E-state index contributed by atoms with van der Waals surface area (Å²) in [6, 6.07) is -0.306. The second-order valence-electron chi connectivity index (χ2n) is 4.99. The highest BCUT2D eigenvalue weighted by molar-refractivity contribution is 5.69. The van der Waals surface area contributed by atoms with Crippen LogP contribution < -0.4 is 0 Å². The van der Waals surface area contributed by atoms with Crippen molar-refractivity contribution >= 4 is 6.09 Å². The van der Waals surface area contributed by atoms with Crippen LogP contribution in [0.4, 0.5) is 4.79 Å². The first-order valence-electron chi connectivity index (χ1n) is 5.49. The van der Waals surface area contributed by atoms with E-state index in [-0.39, 0.29) is 6.04 Å². The Morgan fingerprint density at radius 1 is 1.62 bits per heavy atom. The third-order valence-corrected chi connectivity index (χ3v) is 2.46. The molecule has 0 spiro atoms. The molecule has 0 radical (unpaired) electrons. The number of likely N-dealkylation sites (tertiary alicyclic amines) is 1. The van der Waals surface area contributed by atoms with Crippen molar-refractivity contribution in [2.45, 2.75) is 51.4 Å². The summed E-state index contributed by atoms with van der Waals surface area (Å²) >= 11 is 0. The van der Waals surface area contributed by atoms with E-state index < -0.39 is 17.8 Å². The van der Waals surface area contributed by atoms with Crippen LogP contribution in [-0.2, 0) is 4.74 Å². The number of hydrogen-bond donors (Lipinski definition) is 1. The minimum Gasteiger partial charge on any atom is -0.444 e. The molecule has 0 aromatic carbocycles. The molecule has 4 heteroatoms. The fraction of sp³-hybridized carbons (Fsp3) is 0.750. The maximum Gasteiger partial charge on any atom is 0.410 e. The normalized spacial score (nSPS) is 22.7. The Morgan fingerprint density at radius 3 is 2.75 bits per heavy atom. The average Bonchev–Trinajstić information content (AvgIpc) is 2.62. The number of nitrogens with zero attached hydrogens (tertiary/aromatic N) is 1. The second-order valence-corrected chi connectivity index (χ2v) is 4.99. The summed E-state index contributed by atoms with van der Waals surface area (Å²) in [6.45, 7) is 6.03. The highest BCUT2D eigenvalue weighted by atomic mass is 16.6. The third-order valence-electron chi connectivity index (χ3n) is 2.46. The summed E-state index contributed by atoms with van der Waals surface area (Å²) in [4.78, 5) is 13.3. The van der Waals surface area contributed by atoms with Crippen molar-refractivity contribution in [2.24, 2.45) is 0 Å². The predicted octanol–water partition coefficient (Wildman–Crippen LogP) is 1.38. The molecular weight excluding hydrogens is 206 g/mol. The third kappa shape index (κ3) is 3.14. The number of ether oxygens (including phenoxy) is 1. The van der Waals surface area contributed by atoms with Crippen molar-refractivity contribution in [1.29, 1.82) is 0 Å². The fourth-order valence-corrected chi connectivity index (χ4v) is 1.78. The molecule has 1 amide bonds. The number of carbonyl (C=O) groups excluding carboxylic acids is 1. The van der Waals surface area contributed by atoms with Crippen LogP contribution in [0.2, 0.25) is 0 Å². The first kappa shape index (κ1) is 12.9. The lowest BCUT2D eigenvalue weighted by Crippen LogP contribution is -2.44. The van der Waals surface area contributed by atoms with Gasteiger partial charge in [0.25, 0.3) is 0 Å². The Labute approximate surface area is 96.6 Å². The standard InChI is InChI=1S/C12H19NO3/c1-5-10(14)9-7-6-8-13(9)11(15)16-12(2,3)4/h1,9-10,14H,6-8H2,2-4H3/t9-,10?/m0/s1. The zero-order valence-corrected chi connectivity index (χ0v) is 10.1. The summed E-state index contributed by atoms with van der Waals surface area (Å²) in [7, 11) is 0. The van der Waals surface area contributed by atoms with Gasteiger partial charge in [0.2, 0.25) is 0 Å². The molecule has 1 aliphatic rings. The van der Waals surface area contributed by atoms with E-state index in [2.05, 4.69) is 5.92 Å². The lowest BCUT2D eigenvalue weighted by atomic mass is 10.1. The first-order valence-corrected chi connectivity index (χ1v) is 5.49. The van der Waals surface area contributed by atoms with Crippen molar-refractivity contribution < 1.29 is 14.6 Å². The van der Waals surface area contributed by atoms with Crippen molar-refractivity contribution in [3.05, 3.63) is 0 Å². The molecule has 1 heterocycles. The molecule has 1 fully saturated rings. The van der Waals surface area contributed by atoms with Crippen LogP contribution in [0, 0.1) is 12.3 Å². The molecule has 1 unspecified atom stereocenters. The summed E-state index contributed by atoms with van der Waals surface area (Å²) in [5, 5.41) is 9.59.